The van der Waals surface area contributed by atoms with Crippen LogP contribution in [0, 0.1) is 0 Å². The van der Waals surface area contributed by atoms with Crippen LogP contribution in [0.1, 0.15) is 9.67 Å². The van der Waals surface area contributed by atoms with E-state index in [-0.39, 0.29) is 5.91 Å². The van der Waals surface area contributed by atoms with Crippen molar-refractivity contribution in [3.8, 4) is 0 Å². The number of aromatic nitrogens is 1. The van der Waals surface area contributed by atoms with Crippen molar-refractivity contribution >= 4 is 28.6 Å². The van der Waals surface area contributed by atoms with Crippen molar-refractivity contribution in [2.75, 3.05) is 36.5 Å². The highest BCUT2D eigenvalue weighted by Gasteiger charge is 2.16. The maximum absolute atomic E-state index is 12.1. The Morgan fingerprint density at radius 1 is 1.30 bits per heavy atom. The summed E-state index contributed by atoms with van der Waals surface area (Å²) in [7, 11) is 0. The third-order valence-electron chi connectivity index (χ3n) is 3.16. The van der Waals surface area contributed by atoms with Crippen LogP contribution >= 0.6 is 11.3 Å². The average molecular weight is 289 g/mol. The number of anilines is 2. The Morgan fingerprint density at radius 2 is 2.10 bits per heavy atom. The third-order valence-corrected chi connectivity index (χ3v) is 3.93. The first kappa shape index (κ1) is 13.1. The largest absolute Gasteiger partial charge is 0.378 e. The molecule has 1 aliphatic heterocycles. The molecule has 2 heterocycles. The van der Waals surface area contributed by atoms with Crippen molar-refractivity contribution in [1.82, 2.24) is 4.98 Å². The number of amides is 1. The molecule has 3 rings (SSSR count). The second-order valence-corrected chi connectivity index (χ2v) is 5.32. The van der Waals surface area contributed by atoms with Crippen LogP contribution in [0.2, 0.25) is 0 Å². The van der Waals surface area contributed by atoms with Crippen LogP contribution < -0.4 is 10.2 Å². The second-order valence-electron chi connectivity index (χ2n) is 4.44. The number of carbonyl (C=O) groups is 1. The SMILES string of the molecule is O=C(Nc1ccccc1N1CCOCC1)c1cncs1. The van der Waals surface area contributed by atoms with Gasteiger partial charge in [0.1, 0.15) is 4.88 Å². The first-order valence-electron chi connectivity index (χ1n) is 6.46. The van der Waals surface area contributed by atoms with Gasteiger partial charge in [0, 0.05) is 13.1 Å². The van der Waals surface area contributed by atoms with E-state index in [1.54, 1.807) is 11.7 Å². The molecule has 1 aromatic carbocycles. The van der Waals surface area contributed by atoms with Crippen LogP contribution in [0.5, 0.6) is 0 Å². The molecule has 0 saturated carbocycles. The van der Waals surface area contributed by atoms with E-state index >= 15 is 0 Å². The van der Waals surface area contributed by atoms with Crippen LogP contribution in [-0.2, 0) is 4.74 Å². The molecular weight excluding hydrogens is 274 g/mol. The number of benzene rings is 1. The number of ether oxygens (including phenoxy) is 1. The van der Waals surface area contributed by atoms with Crippen LogP contribution in [0.15, 0.2) is 36.0 Å². The standard InChI is InChI=1S/C14H15N3O2S/c18-14(13-9-15-10-20-13)16-11-3-1-2-4-12(11)17-5-7-19-8-6-17/h1-4,9-10H,5-8H2,(H,16,18). The number of nitrogens with zero attached hydrogens (tertiary/aromatic N) is 2. The fourth-order valence-electron chi connectivity index (χ4n) is 2.17. The number of thiazole rings is 1. The van der Waals surface area contributed by atoms with Crippen molar-refractivity contribution in [1.29, 1.82) is 0 Å². The summed E-state index contributed by atoms with van der Waals surface area (Å²) in [6.07, 6.45) is 1.58. The Labute approximate surface area is 121 Å². The summed E-state index contributed by atoms with van der Waals surface area (Å²) in [6, 6.07) is 7.84. The smallest absolute Gasteiger partial charge is 0.267 e. The quantitative estimate of drug-likeness (QED) is 0.941. The topological polar surface area (TPSA) is 54.5 Å². The molecule has 5 nitrogen and oxygen atoms in total. The highest BCUT2D eigenvalue weighted by Crippen LogP contribution is 2.27. The summed E-state index contributed by atoms with van der Waals surface area (Å²) in [6.45, 7) is 3.12. The maximum atomic E-state index is 12.1. The molecule has 1 aromatic heterocycles. The van der Waals surface area contributed by atoms with Gasteiger partial charge in [-0.15, -0.1) is 11.3 Å². The Hall–Kier alpha value is -1.92. The van der Waals surface area contributed by atoms with Crippen LogP contribution in [0.25, 0.3) is 0 Å². The molecule has 20 heavy (non-hydrogen) atoms. The van der Waals surface area contributed by atoms with E-state index in [1.165, 1.54) is 11.3 Å². The van der Waals surface area contributed by atoms with Gasteiger partial charge in [-0.1, -0.05) is 12.1 Å². The highest BCUT2D eigenvalue weighted by atomic mass is 32.1. The molecule has 104 valence electrons. The minimum atomic E-state index is -0.117. The van der Waals surface area contributed by atoms with Crippen molar-refractivity contribution in [3.63, 3.8) is 0 Å². The Kier molecular flexibility index (Phi) is 3.94. The number of nitrogens with one attached hydrogen (secondary N) is 1. The molecule has 1 fully saturated rings. The zero-order valence-electron chi connectivity index (χ0n) is 10.9. The van der Waals surface area contributed by atoms with Crippen LogP contribution in [-0.4, -0.2) is 37.2 Å². The van der Waals surface area contributed by atoms with Crippen molar-refractivity contribution < 1.29 is 9.53 Å². The van der Waals surface area contributed by atoms with E-state index in [0.29, 0.717) is 4.88 Å². The Balaban J connectivity index is 1.80. The zero-order valence-corrected chi connectivity index (χ0v) is 11.7. The molecule has 1 saturated heterocycles. The number of hydrogen-bond acceptors (Lipinski definition) is 5. The van der Waals surface area contributed by atoms with Crippen molar-refractivity contribution in [3.05, 3.63) is 40.8 Å². The molecule has 0 aliphatic carbocycles. The Morgan fingerprint density at radius 3 is 2.85 bits per heavy atom. The minimum Gasteiger partial charge on any atom is -0.378 e. The van der Waals surface area contributed by atoms with E-state index in [0.717, 1.165) is 37.7 Å². The van der Waals surface area contributed by atoms with Gasteiger partial charge in [-0.25, -0.2) is 0 Å². The summed E-state index contributed by atoms with van der Waals surface area (Å²) >= 11 is 1.33. The molecule has 0 spiro atoms. The summed E-state index contributed by atoms with van der Waals surface area (Å²) in [5, 5.41) is 2.96. The highest BCUT2D eigenvalue weighted by molar-refractivity contribution is 7.11. The lowest BCUT2D eigenvalue weighted by atomic mass is 10.2. The zero-order chi connectivity index (χ0) is 13.8. The molecule has 1 N–H and O–H groups in total. The number of hydrogen-bond donors (Lipinski definition) is 1. The number of para-hydroxylation sites is 2. The molecule has 0 bridgehead atoms. The van der Waals surface area contributed by atoms with Gasteiger partial charge >= 0.3 is 0 Å². The van der Waals surface area contributed by atoms with Crippen LogP contribution in [0.4, 0.5) is 11.4 Å². The maximum Gasteiger partial charge on any atom is 0.267 e. The lowest BCUT2D eigenvalue weighted by molar-refractivity contribution is 0.103. The molecule has 0 unspecified atom stereocenters. The lowest BCUT2D eigenvalue weighted by Crippen LogP contribution is -2.36. The number of carbonyl (C=O) groups excluding carboxylic acids is 1. The summed E-state index contributed by atoms with van der Waals surface area (Å²) in [5.41, 5.74) is 3.52. The fourth-order valence-corrected chi connectivity index (χ4v) is 2.69. The van der Waals surface area contributed by atoms with Gasteiger partial charge in [-0.2, -0.15) is 0 Å². The lowest BCUT2D eigenvalue weighted by Gasteiger charge is -2.30. The molecule has 1 aliphatic rings. The van der Waals surface area contributed by atoms with E-state index in [2.05, 4.69) is 15.2 Å². The number of morpholine rings is 1. The van der Waals surface area contributed by atoms with E-state index in [4.69, 9.17) is 4.74 Å². The molecule has 1 amide bonds. The Bertz CT molecular complexity index is 580. The molecule has 6 heteroatoms. The number of rotatable bonds is 3. The van der Waals surface area contributed by atoms with Gasteiger partial charge in [0.05, 0.1) is 36.3 Å². The van der Waals surface area contributed by atoms with Gasteiger partial charge in [-0.3, -0.25) is 9.78 Å². The first-order valence-corrected chi connectivity index (χ1v) is 7.34. The predicted octanol–water partition coefficient (Wildman–Crippen LogP) is 2.23. The van der Waals surface area contributed by atoms with Gasteiger partial charge in [0.15, 0.2) is 0 Å². The van der Waals surface area contributed by atoms with Gasteiger partial charge < -0.3 is 15.0 Å². The normalized spacial score (nSPS) is 15.1. The third kappa shape index (κ3) is 2.81. The fraction of sp³-hybridized carbons (Fsp3) is 0.286. The molecule has 2 aromatic rings. The van der Waals surface area contributed by atoms with E-state index < -0.39 is 0 Å². The van der Waals surface area contributed by atoms with Crippen molar-refractivity contribution in [2.45, 2.75) is 0 Å². The van der Waals surface area contributed by atoms with Gasteiger partial charge in [0.25, 0.3) is 5.91 Å². The summed E-state index contributed by atoms with van der Waals surface area (Å²) < 4.78 is 5.37. The molecule has 0 radical (unpaired) electrons. The summed E-state index contributed by atoms with van der Waals surface area (Å²) in [4.78, 5) is 18.9. The summed E-state index contributed by atoms with van der Waals surface area (Å²) in [5.74, 6) is -0.117. The van der Waals surface area contributed by atoms with Gasteiger partial charge in [-0.05, 0) is 12.1 Å². The predicted molar refractivity (Wildman–Crippen MR) is 79.5 cm³/mol. The minimum absolute atomic E-state index is 0.117. The van der Waals surface area contributed by atoms with Crippen LogP contribution in [0.3, 0.4) is 0 Å². The molecule has 0 atom stereocenters. The van der Waals surface area contributed by atoms with E-state index in [1.807, 2.05) is 24.3 Å². The molecular formula is C14H15N3O2S. The van der Waals surface area contributed by atoms with Gasteiger partial charge in [0.2, 0.25) is 0 Å². The van der Waals surface area contributed by atoms with E-state index in [9.17, 15) is 4.79 Å². The second kappa shape index (κ2) is 6.02. The first-order chi connectivity index (χ1) is 9.84. The monoisotopic (exact) mass is 289 g/mol. The average Bonchev–Trinajstić information content (AvgIpc) is 3.03. The van der Waals surface area contributed by atoms with Crippen molar-refractivity contribution in [2.24, 2.45) is 0 Å².